The molecule has 0 bridgehead atoms. The van der Waals surface area contributed by atoms with E-state index in [4.69, 9.17) is 4.42 Å². The van der Waals surface area contributed by atoms with Gasteiger partial charge in [-0.15, -0.1) is 0 Å². The maximum atomic E-state index is 12.0. The molecule has 1 amide bonds. The van der Waals surface area contributed by atoms with Gasteiger partial charge in [-0.2, -0.15) is 0 Å². The summed E-state index contributed by atoms with van der Waals surface area (Å²) in [6.45, 7) is 4.67. The van der Waals surface area contributed by atoms with E-state index in [9.17, 15) is 9.90 Å². The first-order chi connectivity index (χ1) is 9.10. The molecular weight excluding hydrogens is 242 g/mol. The van der Waals surface area contributed by atoms with Crippen molar-refractivity contribution in [3.8, 4) is 0 Å². The van der Waals surface area contributed by atoms with E-state index in [2.05, 4.69) is 5.32 Å². The van der Waals surface area contributed by atoms with Crippen molar-refractivity contribution in [2.75, 3.05) is 13.2 Å². The molecule has 2 atom stereocenters. The van der Waals surface area contributed by atoms with Gasteiger partial charge in [-0.25, -0.2) is 0 Å². The number of furan rings is 1. The van der Waals surface area contributed by atoms with Crippen molar-refractivity contribution >= 4 is 5.91 Å². The van der Waals surface area contributed by atoms with Crippen LogP contribution in [0.1, 0.15) is 47.6 Å². The molecule has 0 aliphatic heterocycles. The third-order valence-corrected chi connectivity index (χ3v) is 3.95. The molecule has 4 heteroatoms. The number of aliphatic hydroxyl groups is 1. The summed E-state index contributed by atoms with van der Waals surface area (Å²) in [5.41, 5.74) is 0.881. The number of carbonyl (C=O) groups excluding carboxylic acids is 1. The molecule has 1 fully saturated rings. The Morgan fingerprint density at radius 2 is 2.16 bits per heavy atom. The Balaban J connectivity index is 1.85. The van der Waals surface area contributed by atoms with Gasteiger partial charge in [0, 0.05) is 18.7 Å². The predicted octanol–water partition coefficient (Wildman–Crippen LogP) is 2.42. The van der Waals surface area contributed by atoms with Crippen LogP contribution >= 0.6 is 0 Å². The number of carbonyl (C=O) groups is 1. The molecule has 0 spiro atoms. The summed E-state index contributed by atoms with van der Waals surface area (Å²) < 4.78 is 5.41. The van der Waals surface area contributed by atoms with Crippen LogP contribution in [0.15, 0.2) is 10.5 Å². The number of aryl methyl sites for hydroxylation is 2. The van der Waals surface area contributed by atoms with Crippen LogP contribution in [0.2, 0.25) is 0 Å². The van der Waals surface area contributed by atoms with Gasteiger partial charge in [-0.05, 0) is 51.0 Å². The lowest BCUT2D eigenvalue weighted by atomic mass is 9.82. The molecule has 1 aliphatic carbocycles. The second-order valence-electron chi connectivity index (χ2n) is 5.66. The minimum atomic E-state index is -0.128. The van der Waals surface area contributed by atoms with Gasteiger partial charge < -0.3 is 14.8 Å². The topological polar surface area (TPSA) is 62.5 Å². The first-order valence-electron chi connectivity index (χ1n) is 7.06. The van der Waals surface area contributed by atoms with E-state index >= 15 is 0 Å². The number of hydrogen-bond donors (Lipinski definition) is 2. The van der Waals surface area contributed by atoms with Gasteiger partial charge in [0.1, 0.15) is 5.76 Å². The van der Waals surface area contributed by atoms with Gasteiger partial charge in [0.15, 0.2) is 5.76 Å². The van der Waals surface area contributed by atoms with Crippen LogP contribution in [-0.2, 0) is 0 Å². The van der Waals surface area contributed by atoms with Crippen molar-refractivity contribution in [1.29, 1.82) is 0 Å². The highest BCUT2D eigenvalue weighted by atomic mass is 16.3. The van der Waals surface area contributed by atoms with Crippen LogP contribution in [0.4, 0.5) is 0 Å². The normalized spacial score (nSPS) is 23.3. The lowest BCUT2D eigenvalue weighted by Gasteiger charge is -2.27. The van der Waals surface area contributed by atoms with Crippen molar-refractivity contribution in [1.82, 2.24) is 5.32 Å². The lowest BCUT2D eigenvalue weighted by molar-refractivity contribution is 0.0904. The molecule has 1 aromatic rings. The van der Waals surface area contributed by atoms with E-state index in [0.717, 1.165) is 37.0 Å². The van der Waals surface area contributed by atoms with Gasteiger partial charge in [0.2, 0.25) is 0 Å². The molecule has 106 valence electrons. The van der Waals surface area contributed by atoms with E-state index in [-0.39, 0.29) is 12.5 Å². The Morgan fingerprint density at radius 1 is 1.42 bits per heavy atom. The zero-order chi connectivity index (χ0) is 13.8. The van der Waals surface area contributed by atoms with Crippen LogP contribution in [0.3, 0.4) is 0 Å². The second kappa shape index (κ2) is 6.24. The van der Waals surface area contributed by atoms with Gasteiger partial charge in [0.25, 0.3) is 5.91 Å². The highest BCUT2D eigenvalue weighted by molar-refractivity contribution is 5.92. The zero-order valence-electron chi connectivity index (χ0n) is 11.7. The predicted molar refractivity (Wildman–Crippen MR) is 73.0 cm³/mol. The largest absolute Gasteiger partial charge is 0.456 e. The van der Waals surface area contributed by atoms with Crippen LogP contribution in [0.25, 0.3) is 0 Å². The van der Waals surface area contributed by atoms with E-state index < -0.39 is 0 Å². The number of hydrogen-bond acceptors (Lipinski definition) is 3. The molecule has 0 radical (unpaired) electrons. The van der Waals surface area contributed by atoms with Gasteiger partial charge in [-0.1, -0.05) is 6.42 Å². The summed E-state index contributed by atoms with van der Waals surface area (Å²) in [5.74, 6) is 1.94. The van der Waals surface area contributed by atoms with Gasteiger partial charge in [-0.3, -0.25) is 4.79 Å². The Labute approximate surface area is 114 Å². The smallest absolute Gasteiger partial charge is 0.287 e. The monoisotopic (exact) mass is 265 g/mol. The SMILES string of the molecule is Cc1cc(C)c(C(=O)NC[C@H]2CCC[C@@H](CO)C2)o1. The molecule has 2 N–H and O–H groups in total. The molecule has 4 nitrogen and oxygen atoms in total. The molecule has 0 saturated heterocycles. The molecule has 2 rings (SSSR count). The fraction of sp³-hybridized carbons (Fsp3) is 0.667. The fourth-order valence-electron chi connectivity index (χ4n) is 2.94. The maximum Gasteiger partial charge on any atom is 0.287 e. The van der Waals surface area contributed by atoms with E-state index in [1.54, 1.807) is 0 Å². The molecular formula is C15H23NO3. The third kappa shape index (κ3) is 3.60. The Morgan fingerprint density at radius 3 is 2.79 bits per heavy atom. The van der Waals surface area contributed by atoms with Gasteiger partial charge in [0.05, 0.1) is 0 Å². The summed E-state index contributed by atoms with van der Waals surface area (Å²) in [6, 6.07) is 1.87. The van der Waals surface area contributed by atoms with Crippen molar-refractivity contribution in [2.45, 2.75) is 39.5 Å². The van der Waals surface area contributed by atoms with Crippen LogP contribution in [0.5, 0.6) is 0 Å². The number of rotatable bonds is 4. The molecule has 1 aromatic heterocycles. The standard InChI is InChI=1S/C15H23NO3/c1-10-6-11(2)19-14(10)15(18)16-8-12-4-3-5-13(7-12)9-17/h6,12-13,17H,3-5,7-9H2,1-2H3,(H,16,18)/t12-,13+/m0/s1. The first-order valence-corrected chi connectivity index (χ1v) is 7.06. The number of nitrogens with one attached hydrogen (secondary N) is 1. The van der Waals surface area contributed by atoms with Crippen LogP contribution in [-0.4, -0.2) is 24.2 Å². The fourth-order valence-corrected chi connectivity index (χ4v) is 2.94. The Bertz CT molecular complexity index is 439. The van der Waals surface area contributed by atoms with E-state index in [0.29, 0.717) is 24.1 Å². The molecule has 0 unspecified atom stereocenters. The maximum absolute atomic E-state index is 12.0. The molecule has 19 heavy (non-hydrogen) atoms. The summed E-state index contributed by atoms with van der Waals surface area (Å²) >= 11 is 0. The van der Waals surface area contributed by atoms with Crippen molar-refractivity contribution in [2.24, 2.45) is 11.8 Å². The summed E-state index contributed by atoms with van der Waals surface area (Å²) in [7, 11) is 0. The Hall–Kier alpha value is -1.29. The van der Waals surface area contributed by atoms with Crippen molar-refractivity contribution in [3.63, 3.8) is 0 Å². The average molecular weight is 265 g/mol. The van der Waals surface area contributed by atoms with Crippen molar-refractivity contribution in [3.05, 3.63) is 23.2 Å². The third-order valence-electron chi connectivity index (χ3n) is 3.95. The summed E-state index contributed by atoms with van der Waals surface area (Å²) in [5, 5.41) is 12.2. The second-order valence-corrected chi connectivity index (χ2v) is 5.66. The minimum absolute atomic E-state index is 0.128. The minimum Gasteiger partial charge on any atom is -0.456 e. The number of amides is 1. The van der Waals surface area contributed by atoms with Gasteiger partial charge >= 0.3 is 0 Å². The van der Waals surface area contributed by atoms with E-state index in [1.807, 2.05) is 19.9 Å². The highest BCUT2D eigenvalue weighted by Crippen LogP contribution is 2.28. The van der Waals surface area contributed by atoms with Crippen LogP contribution in [0, 0.1) is 25.7 Å². The van der Waals surface area contributed by atoms with Crippen LogP contribution < -0.4 is 5.32 Å². The first kappa shape index (κ1) is 14.1. The lowest BCUT2D eigenvalue weighted by Crippen LogP contribution is -2.32. The molecule has 1 heterocycles. The quantitative estimate of drug-likeness (QED) is 0.879. The number of aliphatic hydroxyl groups excluding tert-OH is 1. The molecule has 1 aliphatic rings. The zero-order valence-corrected chi connectivity index (χ0v) is 11.7. The Kier molecular flexibility index (Phi) is 4.64. The molecule has 0 aromatic carbocycles. The summed E-state index contributed by atoms with van der Waals surface area (Å²) in [6.07, 6.45) is 4.39. The van der Waals surface area contributed by atoms with Crippen molar-refractivity contribution < 1.29 is 14.3 Å². The summed E-state index contributed by atoms with van der Waals surface area (Å²) in [4.78, 5) is 12.0. The van der Waals surface area contributed by atoms with E-state index in [1.165, 1.54) is 0 Å². The molecule has 1 saturated carbocycles. The highest BCUT2D eigenvalue weighted by Gasteiger charge is 2.22. The average Bonchev–Trinajstić information content (AvgIpc) is 2.75.